The molecule has 0 amide bonds. The summed E-state index contributed by atoms with van der Waals surface area (Å²) >= 11 is 0. The summed E-state index contributed by atoms with van der Waals surface area (Å²) < 4.78 is 41.6. The topological polar surface area (TPSA) is 67.5 Å². The van der Waals surface area contributed by atoms with Crippen molar-refractivity contribution >= 4 is 23.1 Å². The molecule has 3 aromatic carbocycles. The highest BCUT2D eigenvalue weighted by molar-refractivity contribution is 5.87. The number of hydrogen-bond acceptors (Lipinski definition) is 3. The number of carbonyl (C=O) groups is 1. The third-order valence-corrected chi connectivity index (χ3v) is 6.79. The molecule has 0 spiro atoms. The summed E-state index contributed by atoms with van der Waals surface area (Å²) in [4.78, 5) is 14.9. The van der Waals surface area contributed by atoms with Crippen LogP contribution in [-0.4, -0.2) is 33.6 Å². The Morgan fingerprint density at radius 2 is 1.72 bits per heavy atom. The van der Waals surface area contributed by atoms with E-state index < -0.39 is 17.7 Å². The first kappa shape index (κ1) is 28.1. The molecule has 0 aliphatic heterocycles. The molecule has 204 valence electrons. The quantitative estimate of drug-likeness (QED) is 0.222. The Morgan fingerprint density at radius 3 is 2.33 bits per heavy atom. The predicted molar refractivity (Wildman–Crippen MR) is 148 cm³/mol. The van der Waals surface area contributed by atoms with Crippen LogP contribution in [0.15, 0.2) is 65.8 Å². The van der Waals surface area contributed by atoms with E-state index >= 15 is 0 Å². The standard InChI is InChI=1S/C31H32F3N3O2/c1-19(2)13-28(23-7-5-22(6-8-23)17-35-12-11-30(38)39)37-29-15-21(4)27(16-24(29)18-36-37)26-10-9-25(14-20(26)3)31(32,33)34/h5-10,14-19,28H,11-13H2,1-4H3,(H,38,39)/t28-/m0/s1. The average molecular weight is 536 g/mol. The minimum Gasteiger partial charge on any atom is -0.481 e. The number of aromatic nitrogens is 2. The summed E-state index contributed by atoms with van der Waals surface area (Å²) in [6.07, 6.45) is -0.0189. The minimum atomic E-state index is -4.37. The number of carboxylic acid groups (broad SMARTS) is 1. The molecule has 1 heterocycles. The smallest absolute Gasteiger partial charge is 0.416 e. The van der Waals surface area contributed by atoms with Gasteiger partial charge in [0.25, 0.3) is 0 Å². The van der Waals surface area contributed by atoms with E-state index in [0.717, 1.165) is 51.2 Å². The average Bonchev–Trinajstić information content (AvgIpc) is 3.27. The summed E-state index contributed by atoms with van der Waals surface area (Å²) in [5.74, 6) is -0.469. The van der Waals surface area contributed by atoms with Crippen molar-refractivity contribution in [3.8, 4) is 11.1 Å². The van der Waals surface area contributed by atoms with E-state index in [1.165, 1.54) is 6.07 Å². The fourth-order valence-corrected chi connectivity index (χ4v) is 4.84. The van der Waals surface area contributed by atoms with Gasteiger partial charge < -0.3 is 5.11 Å². The zero-order valence-electron chi connectivity index (χ0n) is 22.5. The number of nitrogens with zero attached hydrogens (tertiary/aromatic N) is 3. The van der Waals surface area contributed by atoms with Crippen molar-refractivity contribution in [2.75, 3.05) is 6.54 Å². The highest BCUT2D eigenvalue weighted by Gasteiger charge is 2.30. The second kappa shape index (κ2) is 11.4. The number of carboxylic acids is 1. The van der Waals surface area contributed by atoms with Crippen LogP contribution >= 0.6 is 0 Å². The van der Waals surface area contributed by atoms with Crippen LogP contribution in [0.2, 0.25) is 0 Å². The highest BCUT2D eigenvalue weighted by atomic mass is 19.4. The largest absolute Gasteiger partial charge is 0.481 e. The summed E-state index contributed by atoms with van der Waals surface area (Å²) in [5, 5.41) is 14.4. The van der Waals surface area contributed by atoms with E-state index in [0.29, 0.717) is 11.5 Å². The van der Waals surface area contributed by atoms with Gasteiger partial charge in [-0.25, -0.2) is 0 Å². The lowest BCUT2D eigenvalue weighted by Crippen LogP contribution is -2.14. The van der Waals surface area contributed by atoms with Crippen LogP contribution in [0.3, 0.4) is 0 Å². The van der Waals surface area contributed by atoms with Crippen LogP contribution in [-0.2, 0) is 11.0 Å². The van der Waals surface area contributed by atoms with Gasteiger partial charge in [0.1, 0.15) is 0 Å². The van der Waals surface area contributed by atoms with Crippen molar-refractivity contribution in [2.24, 2.45) is 10.9 Å². The molecule has 0 saturated heterocycles. The molecule has 1 atom stereocenters. The molecule has 0 saturated carbocycles. The van der Waals surface area contributed by atoms with Crippen LogP contribution in [0.1, 0.15) is 60.5 Å². The third kappa shape index (κ3) is 6.56. The number of rotatable bonds is 9. The van der Waals surface area contributed by atoms with Crippen molar-refractivity contribution in [3.63, 3.8) is 0 Å². The normalized spacial score (nSPS) is 13.0. The van der Waals surface area contributed by atoms with Crippen molar-refractivity contribution in [2.45, 2.75) is 52.8 Å². The maximum atomic E-state index is 13.2. The number of aliphatic carboxylic acids is 1. The van der Waals surface area contributed by atoms with Gasteiger partial charge in [0.2, 0.25) is 0 Å². The van der Waals surface area contributed by atoms with Crippen molar-refractivity contribution in [1.82, 2.24) is 9.78 Å². The van der Waals surface area contributed by atoms with Crippen LogP contribution in [0.5, 0.6) is 0 Å². The van der Waals surface area contributed by atoms with Gasteiger partial charge in [0.15, 0.2) is 0 Å². The first-order valence-electron chi connectivity index (χ1n) is 12.9. The summed E-state index contributed by atoms with van der Waals surface area (Å²) in [6, 6.07) is 16.0. The first-order chi connectivity index (χ1) is 18.4. The fraction of sp³-hybridized carbons (Fsp3) is 0.323. The summed E-state index contributed by atoms with van der Waals surface area (Å²) in [6.45, 7) is 8.24. The van der Waals surface area contributed by atoms with Crippen LogP contribution in [0, 0.1) is 19.8 Å². The highest BCUT2D eigenvalue weighted by Crippen LogP contribution is 2.37. The molecule has 4 aromatic rings. The zero-order valence-corrected chi connectivity index (χ0v) is 22.5. The number of benzene rings is 3. The number of aryl methyl sites for hydroxylation is 2. The second-order valence-corrected chi connectivity index (χ2v) is 10.3. The number of halogens is 3. The Bertz CT molecular complexity index is 1500. The molecule has 0 unspecified atom stereocenters. The van der Waals surface area contributed by atoms with E-state index in [1.54, 1.807) is 19.2 Å². The zero-order chi connectivity index (χ0) is 28.3. The lowest BCUT2D eigenvalue weighted by molar-refractivity contribution is -0.138. The molecule has 0 aliphatic carbocycles. The Kier molecular flexibility index (Phi) is 8.23. The number of hydrogen-bond donors (Lipinski definition) is 1. The number of alkyl halides is 3. The van der Waals surface area contributed by atoms with Crippen LogP contribution < -0.4 is 0 Å². The summed E-state index contributed by atoms with van der Waals surface area (Å²) in [5.41, 5.74) is 5.50. The monoisotopic (exact) mass is 535 g/mol. The van der Waals surface area contributed by atoms with E-state index in [9.17, 15) is 18.0 Å². The fourth-order valence-electron chi connectivity index (χ4n) is 4.84. The SMILES string of the molecule is Cc1cc(C(F)(F)F)ccc1-c1cc2cnn([C@@H](CC(C)C)c3ccc(C=NCCC(=O)O)cc3)c2cc1C. The Balaban J connectivity index is 1.68. The van der Waals surface area contributed by atoms with E-state index in [4.69, 9.17) is 10.2 Å². The summed E-state index contributed by atoms with van der Waals surface area (Å²) in [7, 11) is 0. The molecule has 39 heavy (non-hydrogen) atoms. The Labute approximate surface area is 226 Å². The number of fused-ring (bicyclic) bond motifs is 1. The lowest BCUT2D eigenvalue weighted by Gasteiger charge is -2.22. The van der Waals surface area contributed by atoms with Gasteiger partial charge in [-0.1, -0.05) is 44.2 Å². The number of aliphatic imine (C=N–C) groups is 1. The molecule has 5 nitrogen and oxygen atoms in total. The molecular weight excluding hydrogens is 503 g/mol. The maximum Gasteiger partial charge on any atom is 0.416 e. The molecule has 4 rings (SSSR count). The minimum absolute atomic E-state index is 0.00299. The molecule has 1 N–H and O–H groups in total. The van der Waals surface area contributed by atoms with Gasteiger partial charge in [-0.3, -0.25) is 14.5 Å². The first-order valence-corrected chi connectivity index (χ1v) is 12.9. The molecule has 0 radical (unpaired) electrons. The van der Waals surface area contributed by atoms with Gasteiger partial charge in [-0.15, -0.1) is 0 Å². The van der Waals surface area contributed by atoms with Crippen LogP contribution in [0.25, 0.3) is 22.0 Å². The van der Waals surface area contributed by atoms with Gasteiger partial charge in [-0.2, -0.15) is 18.3 Å². The van der Waals surface area contributed by atoms with Crippen molar-refractivity contribution < 1.29 is 23.1 Å². The van der Waals surface area contributed by atoms with Crippen molar-refractivity contribution in [1.29, 1.82) is 0 Å². The van der Waals surface area contributed by atoms with Crippen molar-refractivity contribution in [3.05, 3.63) is 88.6 Å². The molecular formula is C31H32F3N3O2. The Hall–Kier alpha value is -3.94. The van der Waals surface area contributed by atoms with Crippen LogP contribution in [0.4, 0.5) is 13.2 Å². The molecule has 1 aromatic heterocycles. The lowest BCUT2D eigenvalue weighted by atomic mass is 9.93. The van der Waals surface area contributed by atoms with Gasteiger partial charge in [-0.05, 0) is 83.8 Å². The van der Waals surface area contributed by atoms with E-state index in [1.807, 2.05) is 48.1 Å². The molecule has 0 bridgehead atoms. The second-order valence-electron chi connectivity index (χ2n) is 10.3. The van der Waals surface area contributed by atoms with Gasteiger partial charge in [0, 0.05) is 18.1 Å². The maximum absolute atomic E-state index is 13.2. The predicted octanol–water partition coefficient (Wildman–Crippen LogP) is 7.87. The van der Waals surface area contributed by atoms with E-state index in [2.05, 4.69) is 24.9 Å². The van der Waals surface area contributed by atoms with Gasteiger partial charge >= 0.3 is 12.1 Å². The van der Waals surface area contributed by atoms with E-state index in [-0.39, 0.29) is 19.0 Å². The van der Waals surface area contributed by atoms with Gasteiger partial charge in [0.05, 0.1) is 29.7 Å². The Morgan fingerprint density at radius 1 is 1.03 bits per heavy atom. The molecule has 0 aliphatic rings. The molecule has 0 fully saturated rings. The third-order valence-electron chi connectivity index (χ3n) is 6.79. The molecule has 8 heteroatoms.